The summed E-state index contributed by atoms with van der Waals surface area (Å²) in [6.07, 6.45) is 66.6. The smallest absolute Gasteiger partial charge is 0.306 e. The van der Waals surface area contributed by atoms with Crippen molar-refractivity contribution in [3.63, 3.8) is 0 Å². The van der Waals surface area contributed by atoms with Gasteiger partial charge in [-0.2, -0.15) is 0 Å². The number of esters is 3. The molecule has 0 aliphatic carbocycles. The van der Waals surface area contributed by atoms with Gasteiger partial charge in [0.05, 0.1) is 0 Å². The predicted octanol–water partition coefficient (Wildman–Crippen LogP) is 16.4. The van der Waals surface area contributed by atoms with E-state index in [0.29, 0.717) is 12.8 Å². The fourth-order valence-corrected chi connectivity index (χ4v) is 6.37. The first-order valence-corrected chi connectivity index (χ1v) is 24.9. The van der Waals surface area contributed by atoms with Crippen LogP contribution in [0.25, 0.3) is 0 Å². The lowest BCUT2D eigenvalue weighted by Crippen LogP contribution is -2.30. The first-order valence-electron chi connectivity index (χ1n) is 24.9. The second kappa shape index (κ2) is 49.7. The highest BCUT2D eigenvalue weighted by molar-refractivity contribution is 5.71. The molecule has 6 nitrogen and oxygen atoms in total. The van der Waals surface area contributed by atoms with E-state index in [1.807, 2.05) is 0 Å². The van der Waals surface area contributed by atoms with Crippen LogP contribution in [0.2, 0.25) is 0 Å². The molecule has 0 heterocycles. The average molecular weight is 859 g/mol. The van der Waals surface area contributed by atoms with Gasteiger partial charge in [-0.25, -0.2) is 0 Å². The molecule has 0 N–H and O–H groups in total. The molecule has 350 valence electrons. The number of carbonyl (C=O) groups is 3. The largest absolute Gasteiger partial charge is 0.462 e. The summed E-state index contributed by atoms with van der Waals surface area (Å²) in [6, 6.07) is 0. The molecular formula is C56H90O6. The van der Waals surface area contributed by atoms with Crippen molar-refractivity contribution in [1.29, 1.82) is 0 Å². The normalized spacial score (nSPS) is 13.0. The maximum atomic E-state index is 12.8. The van der Waals surface area contributed by atoms with Crippen LogP contribution in [0, 0.1) is 0 Å². The summed E-state index contributed by atoms with van der Waals surface area (Å²) >= 11 is 0. The lowest BCUT2D eigenvalue weighted by molar-refractivity contribution is -0.167. The van der Waals surface area contributed by atoms with E-state index in [4.69, 9.17) is 14.2 Å². The van der Waals surface area contributed by atoms with Crippen LogP contribution in [0.3, 0.4) is 0 Å². The molecule has 0 saturated carbocycles. The number of rotatable bonds is 43. The highest BCUT2D eigenvalue weighted by atomic mass is 16.6. The van der Waals surface area contributed by atoms with Crippen LogP contribution in [-0.2, 0) is 28.6 Å². The van der Waals surface area contributed by atoms with Crippen molar-refractivity contribution < 1.29 is 28.6 Å². The Bertz CT molecular complexity index is 1310. The molecule has 0 saturated heterocycles. The van der Waals surface area contributed by atoms with E-state index in [1.165, 1.54) is 44.9 Å². The lowest BCUT2D eigenvalue weighted by atomic mass is 10.1. The number of carbonyl (C=O) groups excluding carboxylic acids is 3. The topological polar surface area (TPSA) is 78.9 Å². The molecular weight excluding hydrogens is 769 g/mol. The first kappa shape index (κ1) is 58.1. The molecule has 0 rings (SSSR count). The summed E-state index contributed by atoms with van der Waals surface area (Å²) in [7, 11) is 0. The summed E-state index contributed by atoms with van der Waals surface area (Å²) in [5.74, 6) is -0.989. The van der Waals surface area contributed by atoms with E-state index in [0.717, 1.165) is 122 Å². The summed E-state index contributed by atoms with van der Waals surface area (Å²) in [5, 5.41) is 0. The molecule has 0 spiro atoms. The monoisotopic (exact) mass is 859 g/mol. The zero-order chi connectivity index (χ0) is 45.1. The van der Waals surface area contributed by atoms with Gasteiger partial charge in [0.15, 0.2) is 6.10 Å². The summed E-state index contributed by atoms with van der Waals surface area (Å²) < 4.78 is 16.7. The lowest BCUT2D eigenvalue weighted by Gasteiger charge is -2.18. The Morgan fingerprint density at radius 1 is 0.323 bits per heavy atom. The van der Waals surface area contributed by atoms with Crippen LogP contribution in [-0.4, -0.2) is 37.2 Å². The molecule has 0 aromatic rings. The van der Waals surface area contributed by atoms with E-state index in [9.17, 15) is 14.4 Å². The van der Waals surface area contributed by atoms with Gasteiger partial charge in [0.1, 0.15) is 13.2 Å². The summed E-state index contributed by atoms with van der Waals surface area (Å²) in [5.41, 5.74) is 0. The van der Waals surface area contributed by atoms with Crippen LogP contribution in [0.4, 0.5) is 0 Å². The Hall–Kier alpha value is -3.93. The average Bonchev–Trinajstić information content (AvgIpc) is 3.27. The van der Waals surface area contributed by atoms with Gasteiger partial charge in [0, 0.05) is 19.3 Å². The third-order valence-corrected chi connectivity index (χ3v) is 10.0. The van der Waals surface area contributed by atoms with Crippen LogP contribution >= 0.6 is 0 Å². The second-order valence-corrected chi connectivity index (χ2v) is 15.9. The van der Waals surface area contributed by atoms with E-state index < -0.39 is 6.10 Å². The van der Waals surface area contributed by atoms with Gasteiger partial charge in [-0.1, -0.05) is 182 Å². The first-order chi connectivity index (χ1) is 30.5. The minimum atomic E-state index is -0.810. The van der Waals surface area contributed by atoms with Gasteiger partial charge < -0.3 is 14.2 Å². The molecule has 6 heteroatoms. The predicted molar refractivity (Wildman–Crippen MR) is 265 cm³/mol. The number of hydrogen-bond acceptors (Lipinski definition) is 6. The molecule has 0 fully saturated rings. The molecule has 0 bridgehead atoms. The number of unbranched alkanes of at least 4 members (excludes halogenated alkanes) is 14. The van der Waals surface area contributed by atoms with Gasteiger partial charge in [-0.3, -0.25) is 14.4 Å². The molecule has 62 heavy (non-hydrogen) atoms. The number of hydrogen-bond donors (Lipinski definition) is 0. The number of allylic oxidation sites excluding steroid dienone is 18. The van der Waals surface area contributed by atoms with E-state index in [2.05, 4.69) is 130 Å². The highest BCUT2D eigenvalue weighted by Crippen LogP contribution is 2.13. The molecule has 1 unspecified atom stereocenters. The maximum Gasteiger partial charge on any atom is 0.306 e. The van der Waals surface area contributed by atoms with Crippen molar-refractivity contribution in [2.24, 2.45) is 0 Å². The van der Waals surface area contributed by atoms with Gasteiger partial charge >= 0.3 is 17.9 Å². The van der Waals surface area contributed by atoms with Crippen molar-refractivity contribution in [3.8, 4) is 0 Å². The second-order valence-electron chi connectivity index (χ2n) is 15.9. The molecule has 0 amide bonds. The van der Waals surface area contributed by atoms with Crippen molar-refractivity contribution in [1.82, 2.24) is 0 Å². The SMILES string of the molecule is CC/C=C\C/C=C\C/C=C\C/C=C\CCCCCC(=O)OC(COC(=O)CCCC/C=C\C/C=C\CC)COC(=O)CCCCCCCCCCC/C=C\C/C=C\C/C=C\CC. The third kappa shape index (κ3) is 47.1. The van der Waals surface area contributed by atoms with E-state index >= 15 is 0 Å². The van der Waals surface area contributed by atoms with Crippen molar-refractivity contribution in [3.05, 3.63) is 109 Å². The van der Waals surface area contributed by atoms with E-state index in [-0.39, 0.29) is 37.5 Å². The third-order valence-electron chi connectivity index (χ3n) is 10.0. The Kier molecular flexibility index (Phi) is 46.6. The fourth-order valence-electron chi connectivity index (χ4n) is 6.37. The molecule has 0 aromatic heterocycles. The van der Waals surface area contributed by atoms with E-state index in [1.54, 1.807) is 0 Å². The minimum absolute atomic E-state index is 0.106. The van der Waals surface area contributed by atoms with Gasteiger partial charge in [0.25, 0.3) is 0 Å². The van der Waals surface area contributed by atoms with Crippen LogP contribution in [0.1, 0.15) is 207 Å². The van der Waals surface area contributed by atoms with Crippen molar-refractivity contribution in [2.45, 2.75) is 213 Å². The zero-order valence-corrected chi connectivity index (χ0v) is 39.8. The summed E-state index contributed by atoms with van der Waals surface area (Å²) in [4.78, 5) is 37.8. The molecule has 1 atom stereocenters. The summed E-state index contributed by atoms with van der Waals surface area (Å²) in [6.45, 7) is 6.21. The highest BCUT2D eigenvalue weighted by Gasteiger charge is 2.19. The minimum Gasteiger partial charge on any atom is -0.462 e. The Morgan fingerprint density at radius 3 is 0.952 bits per heavy atom. The standard InChI is InChI=1S/C56H90O6/c1-4-7-10-13-16-19-21-23-25-27-28-29-31-32-34-37-40-43-46-49-55(58)61-52-53(51-60-54(57)48-45-42-39-36-18-15-12-9-6-3)62-56(59)50-47-44-41-38-35-33-30-26-24-22-20-17-14-11-8-5-2/h7-12,16-20,23-26,33,35-36,53H,4-6,13-15,21-22,27-32,34,37-52H2,1-3H3/b10-7-,11-8-,12-9-,19-16-,20-17-,25-23-,26-24-,35-33-,36-18-. The maximum absolute atomic E-state index is 12.8. The fraction of sp³-hybridized carbons (Fsp3) is 0.625. The molecule has 0 aromatic carbocycles. The molecule has 0 radical (unpaired) electrons. The van der Waals surface area contributed by atoms with Crippen molar-refractivity contribution in [2.75, 3.05) is 13.2 Å². The molecule has 0 aliphatic rings. The Balaban J connectivity index is 4.41. The number of ether oxygens (including phenoxy) is 3. The van der Waals surface area contributed by atoms with Crippen molar-refractivity contribution >= 4 is 17.9 Å². The van der Waals surface area contributed by atoms with Crippen LogP contribution in [0.5, 0.6) is 0 Å². The quantitative estimate of drug-likeness (QED) is 0.0263. The van der Waals surface area contributed by atoms with Gasteiger partial charge in [0.2, 0.25) is 0 Å². The van der Waals surface area contributed by atoms with Gasteiger partial charge in [-0.15, -0.1) is 0 Å². The van der Waals surface area contributed by atoms with Crippen LogP contribution in [0.15, 0.2) is 109 Å². The Labute approximate surface area is 380 Å². The van der Waals surface area contributed by atoms with Gasteiger partial charge in [-0.05, 0) is 116 Å². The molecule has 0 aliphatic heterocycles. The Morgan fingerprint density at radius 2 is 0.581 bits per heavy atom. The van der Waals surface area contributed by atoms with Crippen LogP contribution < -0.4 is 0 Å². The zero-order valence-electron chi connectivity index (χ0n) is 39.8.